The maximum Gasteiger partial charge on any atom is 0.423 e. The highest BCUT2D eigenvalue weighted by molar-refractivity contribution is 5.71. The average molecular weight is 233 g/mol. The number of H-pyrrole nitrogens is 1. The first-order valence-electron chi connectivity index (χ1n) is 4.41. The molecule has 0 saturated carbocycles. The highest BCUT2D eigenvalue weighted by Crippen LogP contribution is 2.36. The SMILES string of the molecule is Cc1nc2ncc(C(F)C(F)(F)F)cc2[nH]1. The van der Waals surface area contributed by atoms with Crippen molar-refractivity contribution in [3.05, 3.63) is 23.7 Å². The Hall–Kier alpha value is -1.66. The zero-order valence-electron chi connectivity index (χ0n) is 8.14. The molecular weight excluding hydrogens is 226 g/mol. The van der Waals surface area contributed by atoms with Crippen LogP contribution in [0, 0.1) is 6.92 Å². The Balaban J connectivity index is 2.46. The summed E-state index contributed by atoms with van der Waals surface area (Å²) in [4.78, 5) is 10.3. The lowest BCUT2D eigenvalue weighted by Gasteiger charge is -2.11. The summed E-state index contributed by atoms with van der Waals surface area (Å²) >= 11 is 0. The third kappa shape index (κ3) is 1.84. The van der Waals surface area contributed by atoms with Gasteiger partial charge >= 0.3 is 6.18 Å². The van der Waals surface area contributed by atoms with Gasteiger partial charge in [-0.3, -0.25) is 0 Å². The number of aryl methyl sites for hydroxylation is 1. The summed E-state index contributed by atoms with van der Waals surface area (Å²) in [7, 11) is 0. The third-order valence-electron chi connectivity index (χ3n) is 2.06. The Morgan fingerprint density at radius 3 is 2.69 bits per heavy atom. The molecule has 16 heavy (non-hydrogen) atoms. The summed E-state index contributed by atoms with van der Waals surface area (Å²) < 4.78 is 49.3. The Morgan fingerprint density at radius 2 is 2.06 bits per heavy atom. The largest absolute Gasteiger partial charge is 0.423 e. The number of rotatable bonds is 1. The molecule has 0 aromatic carbocycles. The van der Waals surface area contributed by atoms with Crippen LogP contribution >= 0.6 is 0 Å². The molecule has 0 radical (unpaired) electrons. The van der Waals surface area contributed by atoms with Gasteiger partial charge < -0.3 is 4.98 Å². The predicted molar refractivity (Wildman–Crippen MR) is 48.5 cm³/mol. The number of nitrogens with zero attached hydrogens (tertiary/aromatic N) is 2. The molecule has 0 aliphatic heterocycles. The van der Waals surface area contributed by atoms with Crippen molar-refractivity contribution in [2.24, 2.45) is 0 Å². The van der Waals surface area contributed by atoms with Gasteiger partial charge in [0.05, 0.1) is 5.52 Å². The number of halogens is 4. The molecular formula is C9H7F4N3. The lowest BCUT2D eigenvalue weighted by Crippen LogP contribution is -2.16. The van der Waals surface area contributed by atoms with Gasteiger partial charge in [-0.2, -0.15) is 13.2 Å². The van der Waals surface area contributed by atoms with Crippen molar-refractivity contribution in [2.45, 2.75) is 19.3 Å². The van der Waals surface area contributed by atoms with Crippen molar-refractivity contribution >= 4 is 11.2 Å². The lowest BCUT2D eigenvalue weighted by molar-refractivity contribution is -0.182. The number of aromatic nitrogens is 3. The van der Waals surface area contributed by atoms with Crippen LogP contribution in [-0.4, -0.2) is 21.1 Å². The van der Waals surface area contributed by atoms with Crippen LogP contribution < -0.4 is 0 Å². The highest BCUT2D eigenvalue weighted by Gasteiger charge is 2.41. The van der Waals surface area contributed by atoms with Gasteiger partial charge in [0.15, 0.2) is 5.65 Å². The summed E-state index contributed by atoms with van der Waals surface area (Å²) in [6, 6.07) is 1.07. The summed E-state index contributed by atoms with van der Waals surface area (Å²) in [5.41, 5.74) is 0.0428. The highest BCUT2D eigenvalue weighted by atomic mass is 19.4. The first kappa shape index (κ1) is 10.8. The van der Waals surface area contributed by atoms with Crippen molar-refractivity contribution in [3.8, 4) is 0 Å². The minimum atomic E-state index is -4.91. The van der Waals surface area contributed by atoms with E-state index in [1.165, 1.54) is 0 Å². The molecule has 2 rings (SSSR count). The minimum absolute atomic E-state index is 0.274. The van der Waals surface area contributed by atoms with E-state index in [2.05, 4.69) is 15.0 Å². The normalized spacial score (nSPS) is 14.3. The van der Waals surface area contributed by atoms with Crippen molar-refractivity contribution < 1.29 is 17.6 Å². The van der Waals surface area contributed by atoms with Crippen molar-refractivity contribution in [2.75, 3.05) is 0 Å². The molecule has 0 amide bonds. The van der Waals surface area contributed by atoms with Crippen molar-refractivity contribution in [1.29, 1.82) is 0 Å². The van der Waals surface area contributed by atoms with E-state index in [0.29, 0.717) is 11.3 Å². The first-order valence-corrected chi connectivity index (χ1v) is 4.41. The molecule has 0 spiro atoms. The second-order valence-electron chi connectivity index (χ2n) is 3.37. The van der Waals surface area contributed by atoms with Gasteiger partial charge in [-0.25, -0.2) is 14.4 Å². The van der Waals surface area contributed by atoms with Crippen molar-refractivity contribution in [1.82, 2.24) is 15.0 Å². The van der Waals surface area contributed by atoms with Gasteiger partial charge in [0, 0.05) is 11.8 Å². The summed E-state index contributed by atoms with van der Waals surface area (Å²) in [5, 5.41) is 0. The Morgan fingerprint density at radius 1 is 1.38 bits per heavy atom. The van der Waals surface area contributed by atoms with Crippen LogP contribution in [0.2, 0.25) is 0 Å². The Bertz CT molecular complexity index is 517. The van der Waals surface area contributed by atoms with Crippen molar-refractivity contribution in [3.63, 3.8) is 0 Å². The zero-order chi connectivity index (χ0) is 11.9. The number of fused-ring (bicyclic) bond motifs is 1. The van der Waals surface area contributed by atoms with Crippen LogP contribution in [-0.2, 0) is 0 Å². The topological polar surface area (TPSA) is 41.6 Å². The lowest BCUT2D eigenvalue weighted by atomic mass is 10.2. The van der Waals surface area contributed by atoms with Crippen LogP contribution in [0.25, 0.3) is 11.2 Å². The number of alkyl halides is 4. The second kappa shape index (κ2) is 3.43. The summed E-state index contributed by atoms with van der Waals surface area (Å²) in [5.74, 6) is 0.516. The monoisotopic (exact) mass is 233 g/mol. The predicted octanol–water partition coefficient (Wildman–Crippen LogP) is 2.84. The molecule has 1 unspecified atom stereocenters. The maximum atomic E-state index is 13.0. The van der Waals surface area contributed by atoms with Crippen LogP contribution in [0.3, 0.4) is 0 Å². The molecule has 0 fully saturated rings. The molecule has 86 valence electrons. The molecule has 0 aliphatic carbocycles. The zero-order valence-corrected chi connectivity index (χ0v) is 8.14. The molecule has 2 heterocycles. The van der Waals surface area contributed by atoms with E-state index in [1.54, 1.807) is 6.92 Å². The number of hydrogen-bond acceptors (Lipinski definition) is 2. The molecule has 3 nitrogen and oxygen atoms in total. The molecule has 0 bridgehead atoms. The fourth-order valence-corrected chi connectivity index (χ4v) is 1.36. The van der Waals surface area contributed by atoms with Gasteiger partial charge in [0.1, 0.15) is 5.82 Å². The molecule has 1 N–H and O–H groups in total. The van der Waals surface area contributed by atoms with E-state index in [4.69, 9.17) is 0 Å². The molecule has 2 aromatic heterocycles. The van der Waals surface area contributed by atoms with E-state index in [1.807, 2.05) is 0 Å². The van der Waals surface area contributed by atoms with Crippen LogP contribution in [0.1, 0.15) is 17.6 Å². The molecule has 0 aliphatic rings. The van der Waals surface area contributed by atoms with Gasteiger partial charge in [-0.1, -0.05) is 0 Å². The van der Waals surface area contributed by atoms with E-state index in [9.17, 15) is 17.6 Å². The Kier molecular flexibility index (Phi) is 2.32. The quantitative estimate of drug-likeness (QED) is 0.769. The molecule has 7 heteroatoms. The van der Waals surface area contributed by atoms with Gasteiger partial charge in [-0.05, 0) is 13.0 Å². The maximum absolute atomic E-state index is 13.0. The van der Waals surface area contributed by atoms with Gasteiger partial charge in [-0.15, -0.1) is 0 Å². The number of pyridine rings is 1. The molecule has 2 aromatic rings. The van der Waals surface area contributed by atoms with Crippen LogP contribution in [0.5, 0.6) is 0 Å². The number of imidazole rings is 1. The number of nitrogens with one attached hydrogen (secondary N) is 1. The minimum Gasteiger partial charge on any atom is -0.341 e. The standard InChI is InChI=1S/C9H7F4N3/c1-4-15-6-2-5(3-14-8(6)16-4)7(10)9(11,12)13/h2-3,7H,1H3,(H,14,15,16). The van der Waals surface area contributed by atoms with E-state index in [-0.39, 0.29) is 5.65 Å². The fourth-order valence-electron chi connectivity index (χ4n) is 1.36. The Labute approximate surface area is 87.5 Å². The van der Waals surface area contributed by atoms with Gasteiger partial charge in [0.2, 0.25) is 6.17 Å². The van der Waals surface area contributed by atoms with Crippen LogP contribution in [0.4, 0.5) is 17.6 Å². The third-order valence-corrected chi connectivity index (χ3v) is 2.06. The van der Waals surface area contributed by atoms with E-state index >= 15 is 0 Å². The van der Waals surface area contributed by atoms with E-state index < -0.39 is 17.9 Å². The van der Waals surface area contributed by atoms with E-state index in [0.717, 1.165) is 12.3 Å². The summed E-state index contributed by atoms with van der Waals surface area (Å²) in [6.07, 6.45) is -7.08. The number of aromatic amines is 1. The number of hydrogen-bond donors (Lipinski definition) is 1. The molecule has 1 atom stereocenters. The first-order chi connectivity index (χ1) is 7.38. The smallest absolute Gasteiger partial charge is 0.341 e. The molecule has 0 saturated heterocycles. The van der Waals surface area contributed by atoms with Crippen LogP contribution in [0.15, 0.2) is 12.3 Å². The van der Waals surface area contributed by atoms with Gasteiger partial charge in [0.25, 0.3) is 0 Å². The summed E-state index contributed by atoms with van der Waals surface area (Å²) in [6.45, 7) is 1.64. The second-order valence-corrected chi connectivity index (χ2v) is 3.37. The average Bonchev–Trinajstić information content (AvgIpc) is 2.54. The fraction of sp³-hybridized carbons (Fsp3) is 0.333.